The number of benzene rings is 1. The number of hydrogen-bond acceptors (Lipinski definition) is 3. The lowest BCUT2D eigenvalue weighted by Gasteiger charge is -2.12. The highest BCUT2D eigenvalue weighted by atomic mass is 35.5. The molecule has 1 heterocycles. The average molecular weight is 271 g/mol. The first-order valence-electron chi connectivity index (χ1n) is 5.32. The number of para-hydroxylation sites is 2. The molecule has 6 heteroatoms. The topological polar surface area (TPSA) is 64.4 Å². The summed E-state index contributed by atoms with van der Waals surface area (Å²) in [5.74, 6) is -0.255. The van der Waals surface area contributed by atoms with Gasteiger partial charge in [0.2, 0.25) is 0 Å². The Morgan fingerprint density at radius 3 is 2.78 bits per heavy atom. The maximum Gasteiger partial charge on any atom is 0.326 e. The van der Waals surface area contributed by atoms with E-state index in [-0.39, 0.29) is 12.4 Å². The summed E-state index contributed by atoms with van der Waals surface area (Å²) >= 11 is 0. The zero-order valence-corrected chi connectivity index (χ0v) is 11.0. The monoisotopic (exact) mass is 270 g/mol. The molecule has 1 aromatic carbocycles. The summed E-state index contributed by atoms with van der Waals surface area (Å²) in [6.45, 7) is 1.93. The lowest BCUT2D eigenvalue weighted by atomic mass is 10.3. The predicted octanol–water partition coefficient (Wildman–Crippen LogP) is 2.25. The minimum Gasteiger partial charge on any atom is -0.480 e. The van der Waals surface area contributed by atoms with E-state index in [0.29, 0.717) is 12.4 Å². The van der Waals surface area contributed by atoms with Crippen molar-refractivity contribution in [2.45, 2.75) is 19.6 Å². The maximum atomic E-state index is 11.1. The maximum absolute atomic E-state index is 11.1. The number of rotatable bonds is 4. The molecular formula is C12H15ClN2O3. The van der Waals surface area contributed by atoms with Gasteiger partial charge < -0.3 is 14.4 Å². The third-order valence-electron chi connectivity index (χ3n) is 2.69. The Hall–Kier alpha value is -1.59. The van der Waals surface area contributed by atoms with E-state index >= 15 is 0 Å². The minimum absolute atomic E-state index is 0. The second-order valence-corrected chi connectivity index (χ2v) is 3.83. The second-order valence-electron chi connectivity index (χ2n) is 3.83. The van der Waals surface area contributed by atoms with Crippen LogP contribution in [0.25, 0.3) is 11.0 Å². The number of carbonyl (C=O) groups is 1. The zero-order valence-electron chi connectivity index (χ0n) is 10.2. The zero-order chi connectivity index (χ0) is 12.4. The molecule has 0 aliphatic rings. The molecule has 0 fully saturated rings. The van der Waals surface area contributed by atoms with Crippen molar-refractivity contribution in [3.05, 3.63) is 30.1 Å². The SMILES string of the molecule is COCc1nc2ccccc2n1C(C)C(=O)O.Cl. The van der Waals surface area contributed by atoms with Gasteiger partial charge in [-0.15, -0.1) is 12.4 Å². The second kappa shape index (κ2) is 5.84. The fraction of sp³-hybridized carbons (Fsp3) is 0.333. The van der Waals surface area contributed by atoms with E-state index in [1.54, 1.807) is 18.6 Å². The summed E-state index contributed by atoms with van der Waals surface area (Å²) in [6, 6.07) is 6.81. The van der Waals surface area contributed by atoms with E-state index in [2.05, 4.69) is 4.98 Å². The Morgan fingerprint density at radius 1 is 1.50 bits per heavy atom. The van der Waals surface area contributed by atoms with Crippen molar-refractivity contribution in [1.82, 2.24) is 9.55 Å². The third kappa shape index (κ3) is 2.47. The van der Waals surface area contributed by atoms with Gasteiger partial charge in [-0.1, -0.05) is 12.1 Å². The van der Waals surface area contributed by atoms with Crippen molar-refractivity contribution in [3.63, 3.8) is 0 Å². The van der Waals surface area contributed by atoms with Gasteiger partial charge in [0.15, 0.2) is 0 Å². The summed E-state index contributed by atoms with van der Waals surface area (Å²) < 4.78 is 6.75. The van der Waals surface area contributed by atoms with Gasteiger partial charge in [0.1, 0.15) is 18.5 Å². The number of fused-ring (bicyclic) bond motifs is 1. The molecule has 1 unspecified atom stereocenters. The number of ether oxygens (including phenoxy) is 1. The van der Waals surface area contributed by atoms with Crippen LogP contribution in [0.5, 0.6) is 0 Å². The molecule has 18 heavy (non-hydrogen) atoms. The van der Waals surface area contributed by atoms with Gasteiger partial charge in [-0.2, -0.15) is 0 Å². The van der Waals surface area contributed by atoms with Gasteiger partial charge in [0.05, 0.1) is 11.0 Å². The van der Waals surface area contributed by atoms with Gasteiger partial charge in [-0.3, -0.25) is 0 Å². The molecule has 0 saturated carbocycles. The highest BCUT2D eigenvalue weighted by Gasteiger charge is 2.20. The Morgan fingerprint density at radius 2 is 2.17 bits per heavy atom. The molecule has 1 N–H and O–H groups in total. The van der Waals surface area contributed by atoms with E-state index in [1.807, 2.05) is 24.3 Å². The number of carboxylic acid groups (broad SMARTS) is 1. The quantitative estimate of drug-likeness (QED) is 0.925. The van der Waals surface area contributed by atoms with Crippen LogP contribution in [0.3, 0.4) is 0 Å². The lowest BCUT2D eigenvalue weighted by molar-refractivity contribution is -0.140. The molecular weight excluding hydrogens is 256 g/mol. The van der Waals surface area contributed by atoms with Crippen molar-refractivity contribution in [3.8, 4) is 0 Å². The summed E-state index contributed by atoms with van der Waals surface area (Å²) in [5, 5.41) is 9.12. The van der Waals surface area contributed by atoms with Crippen LogP contribution in [0.2, 0.25) is 0 Å². The van der Waals surface area contributed by atoms with E-state index in [1.165, 1.54) is 0 Å². The van der Waals surface area contributed by atoms with E-state index < -0.39 is 12.0 Å². The Bertz CT molecular complexity index is 553. The standard InChI is InChI=1S/C12H14N2O3.ClH/c1-8(12(15)16)14-10-6-4-3-5-9(10)13-11(14)7-17-2;/h3-6,8H,7H2,1-2H3,(H,15,16);1H. The van der Waals surface area contributed by atoms with Crippen molar-refractivity contribution in [2.24, 2.45) is 0 Å². The number of carboxylic acids is 1. The number of hydrogen-bond donors (Lipinski definition) is 1. The number of aromatic nitrogens is 2. The highest BCUT2D eigenvalue weighted by Crippen LogP contribution is 2.21. The summed E-state index contributed by atoms with van der Waals surface area (Å²) in [7, 11) is 1.56. The molecule has 2 aromatic rings. The largest absolute Gasteiger partial charge is 0.480 e. The fourth-order valence-corrected chi connectivity index (χ4v) is 1.87. The number of imidazole rings is 1. The van der Waals surface area contributed by atoms with E-state index in [0.717, 1.165) is 11.0 Å². The number of halogens is 1. The minimum atomic E-state index is -0.884. The molecule has 98 valence electrons. The molecule has 5 nitrogen and oxygen atoms in total. The van der Waals surface area contributed by atoms with Crippen molar-refractivity contribution >= 4 is 29.4 Å². The highest BCUT2D eigenvalue weighted by molar-refractivity contribution is 5.85. The Kier molecular flexibility index (Phi) is 4.69. The van der Waals surface area contributed by atoms with Gasteiger partial charge in [-0.25, -0.2) is 9.78 Å². The van der Waals surface area contributed by atoms with Crippen LogP contribution in [-0.2, 0) is 16.1 Å². The van der Waals surface area contributed by atoms with Crippen LogP contribution in [0.15, 0.2) is 24.3 Å². The molecule has 0 spiro atoms. The molecule has 0 aliphatic heterocycles. The fourth-order valence-electron chi connectivity index (χ4n) is 1.87. The van der Waals surface area contributed by atoms with Crippen LogP contribution in [-0.4, -0.2) is 27.7 Å². The molecule has 1 atom stereocenters. The smallest absolute Gasteiger partial charge is 0.326 e. The summed E-state index contributed by atoms with van der Waals surface area (Å²) in [5.41, 5.74) is 1.60. The van der Waals surface area contributed by atoms with Crippen molar-refractivity contribution in [2.75, 3.05) is 7.11 Å². The van der Waals surface area contributed by atoms with Crippen molar-refractivity contribution in [1.29, 1.82) is 0 Å². The van der Waals surface area contributed by atoms with E-state index in [4.69, 9.17) is 9.84 Å². The number of methoxy groups -OCH3 is 1. The first kappa shape index (κ1) is 14.5. The first-order valence-corrected chi connectivity index (χ1v) is 5.32. The van der Waals surface area contributed by atoms with E-state index in [9.17, 15) is 4.79 Å². The third-order valence-corrected chi connectivity index (χ3v) is 2.69. The molecule has 1 aromatic heterocycles. The van der Waals surface area contributed by atoms with Crippen LogP contribution in [0, 0.1) is 0 Å². The normalized spacial score (nSPS) is 12.1. The molecule has 0 aliphatic carbocycles. The van der Waals surface area contributed by atoms with Gasteiger partial charge in [0.25, 0.3) is 0 Å². The molecule has 0 bridgehead atoms. The van der Waals surface area contributed by atoms with Crippen LogP contribution in [0.1, 0.15) is 18.8 Å². The average Bonchev–Trinajstić information content (AvgIpc) is 2.66. The molecule has 0 saturated heterocycles. The number of aliphatic carboxylic acids is 1. The number of nitrogens with zero attached hydrogens (tertiary/aromatic N) is 2. The Balaban J connectivity index is 0.00000162. The Labute approximate surface area is 111 Å². The van der Waals surface area contributed by atoms with Crippen molar-refractivity contribution < 1.29 is 14.6 Å². The molecule has 0 amide bonds. The van der Waals surface area contributed by atoms with Gasteiger partial charge in [0, 0.05) is 7.11 Å². The van der Waals surface area contributed by atoms with Gasteiger partial charge in [-0.05, 0) is 19.1 Å². The predicted molar refractivity (Wildman–Crippen MR) is 70.0 cm³/mol. The van der Waals surface area contributed by atoms with Crippen LogP contribution >= 0.6 is 12.4 Å². The first-order chi connectivity index (χ1) is 8.15. The van der Waals surface area contributed by atoms with Crippen LogP contribution < -0.4 is 0 Å². The molecule has 2 rings (SSSR count). The summed E-state index contributed by atoms with van der Waals surface area (Å²) in [6.07, 6.45) is 0. The van der Waals surface area contributed by atoms with Gasteiger partial charge >= 0.3 is 5.97 Å². The summed E-state index contributed by atoms with van der Waals surface area (Å²) in [4.78, 5) is 15.5. The molecule has 0 radical (unpaired) electrons. The lowest BCUT2D eigenvalue weighted by Crippen LogP contribution is -2.18. The van der Waals surface area contributed by atoms with Crippen LogP contribution in [0.4, 0.5) is 0 Å².